The van der Waals surface area contributed by atoms with Crippen molar-refractivity contribution >= 4 is 5.97 Å². The van der Waals surface area contributed by atoms with Gasteiger partial charge in [0, 0.05) is 13.0 Å². The lowest BCUT2D eigenvalue weighted by Gasteiger charge is -2.39. The summed E-state index contributed by atoms with van der Waals surface area (Å²) in [5.41, 5.74) is 0. The standard InChI is InChI=1S/C36H68O9/c1-3-5-7-9-11-12-13-14-15-16-17-18-20-22-24-26-42-28-30(44-32(38)25-23-21-19-10-8-6-4-2)29-43-36-35(41)34(40)33(39)31(27-37)45-36/h13-14,30-31,33-37,39-41H,3-12,15-29H2,1-2H3/b14-13-. The second-order valence-electron chi connectivity index (χ2n) is 12.7. The van der Waals surface area contributed by atoms with Crippen LogP contribution >= 0.6 is 0 Å². The number of aliphatic hydroxyl groups excluding tert-OH is 4. The highest BCUT2D eigenvalue weighted by Crippen LogP contribution is 2.22. The highest BCUT2D eigenvalue weighted by molar-refractivity contribution is 5.69. The van der Waals surface area contributed by atoms with Crippen LogP contribution in [0.3, 0.4) is 0 Å². The molecule has 0 radical (unpaired) electrons. The maximum atomic E-state index is 12.6. The molecule has 1 aliphatic rings. The molecule has 1 heterocycles. The number of hydrogen-bond donors (Lipinski definition) is 4. The molecule has 1 saturated heterocycles. The predicted molar refractivity (Wildman–Crippen MR) is 178 cm³/mol. The molecule has 6 atom stereocenters. The van der Waals surface area contributed by atoms with Gasteiger partial charge in [0.15, 0.2) is 6.29 Å². The number of unbranched alkanes of at least 4 members (excludes halogenated alkanes) is 17. The van der Waals surface area contributed by atoms with Gasteiger partial charge in [-0.1, -0.05) is 116 Å². The summed E-state index contributed by atoms with van der Waals surface area (Å²) in [6, 6.07) is 0. The van der Waals surface area contributed by atoms with Crippen molar-refractivity contribution in [1.82, 2.24) is 0 Å². The Morgan fingerprint density at radius 1 is 0.689 bits per heavy atom. The molecule has 0 amide bonds. The van der Waals surface area contributed by atoms with Gasteiger partial charge in [-0.05, 0) is 38.5 Å². The van der Waals surface area contributed by atoms with Gasteiger partial charge in [-0.2, -0.15) is 0 Å². The van der Waals surface area contributed by atoms with Gasteiger partial charge in [-0.15, -0.1) is 0 Å². The van der Waals surface area contributed by atoms with E-state index in [1.54, 1.807) is 0 Å². The first-order valence-electron chi connectivity index (χ1n) is 18.3. The Hall–Kier alpha value is -1.07. The van der Waals surface area contributed by atoms with Crippen LogP contribution in [-0.2, 0) is 23.7 Å². The van der Waals surface area contributed by atoms with Gasteiger partial charge in [0.2, 0.25) is 0 Å². The Morgan fingerprint density at radius 3 is 1.80 bits per heavy atom. The minimum Gasteiger partial charge on any atom is -0.457 e. The van der Waals surface area contributed by atoms with Crippen molar-refractivity contribution in [2.75, 3.05) is 26.4 Å². The van der Waals surface area contributed by atoms with Crippen LogP contribution in [0.2, 0.25) is 0 Å². The Labute approximate surface area is 274 Å². The number of carbonyl (C=O) groups excluding carboxylic acids is 1. The number of esters is 1. The molecule has 1 fully saturated rings. The molecule has 0 spiro atoms. The maximum absolute atomic E-state index is 12.6. The van der Waals surface area contributed by atoms with Gasteiger partial charge in [-0.25, -0.2) is 0 Å². The lowest BCUT2D eigenvalue weighted by molar-refractivity contribution is -0.305. The average Bonchev–Trinajstić information content (AvgIpc) is 3.04. The number of allylic oxidation sites excluding steroid dienone is 2. The summed E-state index contributed by atoms with van der Waals surface area (Å²) < 4.78 is 22.6. The van der Waals surface area contributed by atoms with E-state index < -0.39 is 43.4 Å². The van der Waals surface area contributed by atoms with E-state index in [0.29, 0.717) is 13.0 Å². The molecule has 1 aliphatic heterocycles. The van der Waals surface area contributed by atoms with Crippen molar-refractivity contribution in [3.63, 3.8) is 0 Å². The van der Waals surface area contributed by atoms with Crippen molar-refractivity contribution in [2.24, 2.45) is 0 Å². The molecule has 0 aromatic carbocycles. The van der Waals surface area contributed by atoms with Crippen LogP contribution in [0.4, 0.5) is 0 Å². The molecule has 0 bridgehead atoms. The number of rotatable bonds is 30. The third-order valence-electron chi connectivity index (χ3n) is 8.43. The average molecular weight is 645 g/mol. The fourth-order valence-electron chi connectivity index (χ4n) is 5.48. The molecule has 4 N–H and O–H groups in total. The van der Waals surface area contributed by atoms with Crippen molar-refractivity contribution in [2.45, 2.75) is 185 Å². The Bertz CT molecular complexity index is 702. The van der Waals surface area contributed by atoms with Crippen LogP contribution in [0.15, 0.2) is 12.2 Å². The summed E-state index contributed by atoms with van der Waals surface area (Å²) in [6.45, 7) is 4.48. The Balaban J connectivity index is 2.31. The zero-order chi connectivity index (χ0) is 33.0. The van der Waals surface area contributed by atoms with E-state index in [1.165, 1.54) is 96.3 Å². The van der Waals surface area contributed by atoms with Gasteiger partial charge in [0.1, 0.15) is 30.5 Å². The SMILES string of the molecule is CCCCCCC/C=C\CCCCCCCCOCC(COC1OC(CO)C(O)C(O)C1O)OC(=O)CCCCCCCCC. The fraction of sp³-hybridized carbons (Fsp3) is 0.917. The first kappa shape index (κ1) is 42.0. The first-order chi connectivity index (χ1) is 21.9. The zero-order valence-electron chi connectivity index (χ0n) is 28.6. The second kappa shape index (κ2) is 29.1. The van der Waals surface area contributed by atoms with Crippen LogP contribution < -0.4 is 0 Å². The Kier molecular flexibility index (Phi) is 27.1. The predicted octanol–water partition coefficient (Wildman–Crippen LogP) is 6.52. The van der Waals surface area contributed by atoms with E-state index in [2.05, 4.69) is 26.0 Å². The van der Waals surface area contributed by atoms with Crippen molar-refractivity contribution in [1.29, 1.82) is 0 Å². The number of aliphatic hydroxyl groups is 4. The molecule has 45 heavy (non-hydrogen) atoms. The zero-order valence-corrected chi connectivity index (χ0v) is 28.6. The minimum atomic E-state index is -1.53. The van der Waals surface area contributed by atoms with Gasteiger partial charge >= 0.3 is 5.97 Å². The van der Waals surface area contributed by atoms with Crippen LogP contribution in [0.1, 0.15) is 149 Å². The summed E-state index contributed by atoms with van der Waals surface area (Å²) in [5.74, 6) is -0.323. The minimum absolute atomic E-state index is 0.112. The molecule has 1 rings (SSSR count). The summed E-state index contributed by atoms with van der Waals surface area (Å²) in [4.78, 5) is 12.6. The molecule has 0 aromatic rings. The molecule has 0 aliphatic carbocycles. The van der Waals surface area contributed by atoms with E-state index in [1.807, 2.05) is 0 Å². The fourth-order valence-corrected chi connectivity index (χ4v) is 5.48. The van der Waals surface area contributed by atoms with Crippen molar-refractivity contribution in [3.8, 4) is 0 Å². The lowest BCUT2D eigenvalue weighted by atomic mass is 9.99. The van der Waals surface area contributed by atoms with Crippen molar-refractivity contribution < 1.29 is 44.2 Å². The monoisotopic (exact) mass is 644 g/mol. The van der Waals surface area contributed by atoms with Crippen LogP contribution in [0, 0.1) is 0 Å². The van der Waals surface area contributed by atoms with E-state index in [0.717, 1.165) is 32.1 Å². The second-order valence-corrected chi connectivity index (χ2v) is 12.7. The van der Waals surface area contributed by atoms with Crippen molar-refractivity contribution in [3.05, 3.63) is 12.2 Å². The maximum Gasteiger partial charge on any atom is 0.306 e. The molecule has 9 nitrogen and oxygen atoms in total. The summed E-state index contributed by atoms with van der Waals surface area (Å²) in [7, 11) is 0. The van der Waals surface area contributed by atoms with Gasteiger partial charge in [0.05, 0.1) is 19.8 Å². The lowest BCUT2D eigenvalue weighted by Crippen LogP contribution is -2.59. The summed E-state index contributed by atoms with van der Waals surface area (Å²) in [5, 5.41) is 39.8. The molecule has 0 aromatic heterocycles. The number of ether oxygens (including phenoxy) is 4. The third-order valence-corrected chi connectivity index (χ3v) is 8.43. The molecular formula is C36H68O9. The number of hydrogen-bond acceptors (Lipinski definition) is 9. The molecular weight excluding hydrogens is 576 g/mol. The van der Waals surface area contributed by atoms with Crippen LogP contribution in [0.25, 0.3) is 0 Å². The molecule has 266 valence electrons. The van der Waals surface area contributed by atoms with E-state index in [9.17, 15) is 25.2 Å². The quantitative estimate of drug-likeness (QED) is 0.0392. The van der Waals surface area contributed by atoms with E-state index in [4.69, 9.17) is 18.9 Å². The normalized spacial score (nSPS) is 22.7. The van der Waals surface area contributed by atoms with Crippen LogP contribution in [-0.4, -0.2) is 89.6 Å². The van der Waals surface area contributed by atoms with Gasteiger partial charge < -0.3 is 39.4 Å². The first-order valence-corrected chi connectivity index (χ1v) is 18.3. The summed E-state index contributed by atoms with van der Waals surface area (Å²) >= 11 is 0. The highest BCUT2D eigenvalue weighted by atomic mass is 16.7. The van der Waals surface area contributed by atoms with E-state index in [-0.39, 0.29) is 19.2 Å². The summed E-state index contributed by atoms with van der Waals surface area (Å²) in [6.07, 6.45) is 21.1. The topological polar surface area (TPSA) is 135 Å². The van der Waals surface area contributed by atoms with Crippen LogP contribution in [0.5, 0.6) is 0 Å². The highest BCUT2D eigenvalue weighted by Gasteiger charge is 2.44. The molecule has 9 heteroatoms. The molecule has 0 saturated carbocycles. The molecule has 6 unspecified atom stereocenters. The smallest absolute Gasteiger partial charge is 0.306 e. The Morgan fingerprint density at radius 2 is 1.22 bits per heavy atom. The van der Waals surface area contributed by atoms with Gasteiger partial charge in [-0.3, -0.25) is 4.79 Å². The number of carbonyl (C=O) groups is 1. The van der Waals surface area contributed by atoms with E-state index >= 15 is 0 Å². The van der Waals surface area contributed by atoms with Gasteiger partial charge in [0.25, 0.3) is 0 Å². The third kappa shape index (κ3) is 21.4. The largest absolute Gasteiger partial charge is 0.457 e.